The van der Waals surface area contributed by atoms with Gasteiger partial charge in [0.15, 0.2) is 0 Å². The predicted octanol–water partition coefficient (Wildman–Crippen LogP) is 1.88. The lowest BCUT2D eigenvalue weighted by Gasteiger charge is -2.00. The fourth-order valence-corrected chi connectivity index (χ4v) is 1.06. The van der Waals surface area contributed by atoms with Crippen LogP contribution in [0.1, 0.15) is 12.0 Å². The van der Waals surface area contributed by atoms with Crippen molar-refractivity contribution in [3.8, 4) is 0 Å². The fourth-order valence-electron chi connectivity index (χ4n) is 1.06. The van der Waals surface area contributed by atoms with Crippen molar-refractivity contribution < 1.29 is 9.84 Å². The molecule has 0 aromatic heterocycles. The van der Waals surface area contributed by atoms with Crippen LogP contribution in [0.5, 0.6) is 0 Å². The van der Waals surface area contributed by atoms with Crippen molar-refractivity contribution in [1.29, 1.82) is 0 Å². The van der Waals surface area contributed by atoms with Crippen molar-refractivity contribution >= 4 is 0 Å². The first-order valence-corrected chi connectivity index (χ1v) is 4.06. The minimum absolute atomic E-state index is 0.00482. The lowest BCUT2D eigenvalue weighted by Crippen LogP contribution is -1.96. The monoisotopic (exact) mass is 163 g/mol. The Hall–Kier alpha value is -0.860. The van der Waals surface area contributed by atoms with Gasteiger partial charge in [-0.15, -0.1) is 0 Å². The zero-order chi connectivity index (χ0) is 8.39. The summed E-state index contributed by atoms with van der Waals surface area (Å²) in [7, 11) is 0. The summed E-state index contributed by atoms with van der Waals surface area (Å²) in [6.45, 7) is 0.593. The van der Waals surface area contributed by atoms with E-state index < -0.39 is 0 Å². The second kappa shape index (κ2) is 3.25. The summed E-state index contributed by atoms with van der Waals surface area (Å²) in [6, 6.07) is 9.97. The molecule has 2 rings (SSSR count). The topological polar surface area (TPSA) is 29.5 Å². The highest BCUT2D eigenvalue weighted by Crippen LogP contribution is 2.33. The molecule has 63 valence electrons. The highest BCUT2D eigenvalue weighted by molar-refractivity contribution is 5.14. The van der Waals surface area contributed by atoms with Gasteiger partial charge in [0.05, 0.1) is 12.7 Å². The molecule has 0 amide bonds. The zero-order valence-corrected chi connectivity index (χ0v) is 6.73. The summed E-state index contributed by atoms with van der Waals surface area (Å²) in [4.78, 5) is 0. The molecule has 0 spiro atoms. The molecule has 12 heavy (non-hydrogen) atoms. The molecule has 2 nitrogen and oxygen atoms in total. The molecule has 0 aliphatic heterocycles. The number of ether oxygens (including phenoxy) is 1. The molecule has 0 saturated heterocycles. The first-order chi connectivity index (χ1) is 5.86. The van der Waals surface area contributed by atoms with E-state index in [0.29, 0.717) is 19.1 Å². The van der Waals surface area contributed by atoms with Gasteiger partial charge in [-0.1, -0.05) is 30.3 Å². The van der Waals surface area contributed by atoms with Crippen LogP contribution in [0.15, 0.2) is 30.3 Å². The molecule has 1 aliphatic carbocycles. The molecule has 1 unspecified atom stereocenters. The van der Waals surface area contributed by atoms with Crippen molar-refractivity contribution in [2.45, 2.75) is 19.1 Å². The molecule has 1 saturated carbocycles. The molecule has 1 radical (unpaired) electrons. The Labute approximate surface area is 71.8 Å². The minimum atomic E-state index is 0.00482. The largest absolute Gasteiger partial charge is 0.384 e. The van der Waals surface area contributed by atoms with E-state index >= 15 is 0 Å². The summed E-state index contributed by atoms with van der Waals surface area (Å²) in [5.74, 6) is 0. The van der Waals surface area contributed by atoms with E-state index in [1.54, 1.807) is 0 Å². The average Bonchev–Trinajstić information content (AvgIpc) is 2.81. The third kappa shape index (κ3) is 1.84. The van der Waals surface area contributed by atoms with Crippen LogP contribution >= 0.6 is 0 Å². The Kier molecular flexibility index (Phi) is 2.11. The minimum Gasteiger partial charge on any atom is -0.384 e. The normalized spacial score (nSPS) is 22.6. The van der Waals surface area contributed by atoms with Gasteiger partial charge in [-0.25, -0.2) is 0 Å². The summed E-state index contributed by atoms with van der Waals surface area (Å²) in [6.07, 6.45) is 1.20. The van der Waals surface area contributed by atoms with Crippen LogP contribution in [0.25, 0.3) is 0 Å². The summed E-state index contributed by atoms with van der Waals surface area (Å²) >= 11 is 0. The van der Waals surface area contributed by atoms with Crippen LogP contribution < -0.4 is 0 Å². The van der Waals surface area contributed by atoms with E-state index in [-0.39, 0.29) is 6.10 Å². The molecule has 0 heterocycles. The molecule has 1 N–H and O–H groups in total. The third-order valence-corrected chi connectivity index (χ3v) is 1.90. The number of aliphatic hydroxyl groups excluding tert-OH is 1. The third-order valence-electron chi connectivity index (χ3n) is 1.90. The van der Waals surface area contributed by atoms with Crippen molar-refractivity contribution in [3.05, 3.63) is 42.0 Å². The van der Waals surface area contributed by atoms with Gasteiger partial charge in [0.2, 0.25) is 0 Å². The summed E-state index contributed by atoms with van der Waals surface area (Å²) in [5.41, 5.74) is 1.15. The van der Waals surface area contributed by atoms with Gasteiger partial charge in [0.25, 0.3) is 0 Å². The molecule has 1 aromatic carbocycles. The maximum atomic E-state index is 8.90. The highest BCUT2D eigenvalue weighted by atomic mass is 16.5. The zero-order valence-electron chi connectivity index (χ0n) is 6.73. The SMILES string of the molecule is O[C]1CC1OCc1ccccc1. The Morgan fingerprint density at radius 3 is 2.58 bits per heavy atom. The van der Waals surface area contributed by atoms with Crippen LogP contribution in [0.2, 0.25) is 0 Å². The van der Waals surface area contributed by atoms with Crippen molar-refractivity contribution in [1.82, 2.24) is 0 Å². The average molecular weight is 163 g/mol. The van der Waals surface area contributed by atoms with Gasteiger partial charge < -0.3 is 9.84 Å². The standard InChI is InChI=1S/C10H11O2/c11-9-6-10(9)12-7-8-4-2-1-3-5-8/h1-5,10-11H,6-7H2. The number of rotatable bonds is 3. The second-order valence-corrected chi connectivity index (χ2v) is 2.98. The maximum absolute atomic E-state index is 8.90. The van der Waals surface area contributed by atoms with Crippen LogP contribution in [0.4, 0.5) is 0 Å². The van der Waals surface area contributed by atoms with Crippen molar-refractivity contribution in [3.63, 3.8) is 0 Å². The highest BCUT2D eigenvalue weighted by Gasteiger charge is 2.37. The summed E-state index contributed by atoms with van der Waals surface area (Å²) < 4.78 is 5.36. The molecular weight excluding hydrogens is 152 g/mol. The molecular formula is C10H11O2. The summed E-state index contributed by atoms with van der Waals surface area (Å²) in [5, 5.41) is 8.90. The molecule has 1 fully saturated rings. The van der Waals surface area contributed by atoms with Crippen molar-refractivity contribution in [2.75, 3.05) is 0 Å². The molecule has 1 atom stereocenters. The van der Waals surface area contributed by atoms with Crippen molar-refractivity contribution in [2.24, 2.45) is 0 Å². The fraction of sp³-hybridized carbons (Fsp3) is 0.300. The Morgan fingerprint density at radius 1 is 1.33 bits per heavy atom. The first-order valence-electron chi connectivity index (χ1n) is 4.06. The Balaban J connectivity index is 1.80. The molecule has 0 bridgehead atoms. The number of aliphatic hydroxyl groups is 1. The number of benzene rings is 1. The van der Waals surface area contributed by atoms with E-state index in [9.17, 15) is 0 Å². The van der Waals surface area contributed by atoms with E-state index in [0.717, 1.165) is 5.56 Å². The number of hydrogen-bond acceptors (Lipinski definition) is 2. The lowest BCUT2D eigenvalue weighted by atomic mass is 10.2. The second-order valence-electron chi connectivity index (χ2n) is 2.98. The van der Waals surface area contributed by atoms with Gasteiger partial charge in [-0.05, 0) is 5.56 Å². The van der Waals surface area contributed by atoms with Crippen LogP contribution in [-0.2, 0) is 11.3 Å². The maximum Gasteiger partial charge on any atom is 0.125 e. The van der Waals surface area contributed by atoms with E-state index in [1.807, 2.05) is 30.3 Å². The number of hydrogen-bond donors (Lipinski definition) is 1. The van der Waals surface area contributed by atoms with E-state index in [4.69, 9.17) is 9.84 Å². The molecule has 2 heteroatoms. The van der Waals surface area contributed by atoms with E-state index in [1.165, 1.54) is 0 Å². The van der Waals surface area contributed by atoms with Gasteiger partial charge >= 0.3 is 0 Å². The predicted molar refractivity (Wildman–Crippen MR) is 44.8 cm³/mol. The first kappa shape index (κ1) is 7.77. The van der Waals surface area contributed by atoms with Crippen LogP contribution in [0.3, 0.4) is 0 Å². The van der Waals surface area contributed by atoms with Crippen LogP contribution in [0, 0.1) is 6.10 Å². The Bertz CT molecular complexity index is 245. The van der Waals surface area contributed by atoms with Gasteiger partial charge in [0, 0.05) is 6.42 Å². The smallest absolute Gasteiger partial charge is 0.125 e. The lowest BCUT2D eigenvalue weighted by molar-refractivity contribution is 0.0932. The molecule has 1 aliphatic rings. The Morgan fingerprint density at radius 2 is 2.00 bits per heavy atom. The quantitative estimate of drug-likeness (QED) is 0.737. The van der Waals surface area contributed by atoms with Gasteiger partial charge in [0.1, 0.15) is 6.10 Å². The van der Waals surface area contributed by atoms with Crippen LogP contribution in [-0.4, -0.2) is 11.2 Å². The van der Waals surface area contributed by atoms with Gasteiger partial charge in [-0.2, -0.15) is 0 Å². The molecule has 1 aromatic rings. The van der Waals surface area contributed by atoms with E-state index in [2.05, 4.69) is 0 Å². The van der Waals surface area contributed by atoms with Gasteiger partial charge in [-0.3, -0.25) is 0 Å².